The first kappa shape index (κ1) is 20.2. The fourth-order valence-electron chi connectivity index (χ4n) is 3.03. The summed E-state index contributed by atoms with van der Waals surface area (Å²) in [6.07, 6.45) is 1.61. The lowest BCUT2D eigenvalue weighted by atomic mass is 9.74. The van der Waals surface area contributed by atoms with Crippen molar-refractivity contribution in [3.05, 3.63) is 35.6 Å². The van der Waals surface area contributed by atoms with Crippen LogP contribution in [0.4, 0.5) is 4.39 Å². The van der Waals surface area contributed by atoms with Crippen molar-refractivity contribution < 1.29 is 13.9 Å². The Morgan fingerprint density at radius 1 is 1.31 bits per heavy atom. The second kappa shape index (κ2) is 9.52. The first-order valence-electron chi connectivity index (χ1n) is 9.03. The van der Waals surface area contributed by atoms with Crippen LogP contribution in [0.1, 0.15) is 25.3 Å². The lowest BCUT2D eigenvalue weighted by Gasteiger charge is -2.38. The van der Waals surface area contributed by atoms with Crippen LogP contribution >= 0.6 is 0 Å². The summed E-state index contributed by atoms with van der Waals surface area (Å²) in [4.78, 5) is 17.7. The number of hydrogen-bond acceptors (Lipinski definition) is 3. The maximum Gasteiger partial charge on any atom is 0.243 e. The molecule has 7 heteroatoms. The first-order chi connectivity index (χ1) is 12.5. The molecule has 0 unspecified atom stereocenters. The van der Waals surface area contributed by atoms with Crippen molar-refractivity contribution in [3.63, 3.8) is 0 Å². The third-order valence-electron chi connectivity index (χ3n) is 4.70. The molecule has 0 spiro atoms. The van der Waals surface area contributed by atoms with E-state index in [0.717, 1.165) is 18.4 Å². The number of guanidine groups is 1. The Kier molecular flexibility index (Phi) is 7.38. The van der Waals surface area contributed by atoms with Gasteiger partial charge in [0.2, 0.25) is 5.91 Å². The third kappa shape index (κ3) is 5.42. The van der Waals surface area contributed by atoms with E-state index >= 15 is 0 Å². The predicted octanol–water partition coefficient (Wildman–Crippen LogP) is 1.52. The molecule has 1 heterocycles. The minimum atomic E-state index is -0.231. The minimum absolute atomic E-state index is 0.0619. The normalized spacial score (nSPS) is 16.8. The van der Waals surface area contributed by atoms with E-state index in [4.69, 9.17) is 4.74 Å². The number of nitrogens with zero attached hydrogens (tertiary/aromatic N) is 2. The standard InChI is InChI=1S/C19H29FN4O2/c1-4-21-18(22-13-17(25)24(2)3)23-14-19(8-10-26-11-9-19)15-6-5-7-16(20)12-15/h5-7,12H,4,8-11,13-14H2,1-3H3,(H2,21,22,23). The lowest BCUT2D eigenvalue weighted by molar-refractivity contribution is -0.127. The molecule has 1 aliphatic rings. The van der Waals surface area contributed by atoms with Gasteiger partial charge in [-0.05, 0) is 37.5 Å². The summed E-state index contributed by atoms with van der Waals surface area (Å²) in [5.74, 6) is 0.295. The zero-order valence-corrected chi connectivity index (χ0v) is 15.8. The molecular weight excluding hydrogens is 335 g/mol. The summed E-state index contributed by atoms with van der Waals surface area (Å²) in [6.45, 7) is 4.63. The average molecular weight is 364 g/mol. The highest BCUT2D eigenvalue weighted by Gasteiger charge is 2.35. The number of nitrogens with one attached hydrogen (secondary N) is 2. The van der Waals surface area contributed by atoms with Crippen molar-refractivity contribution in [2.75, 3.05) is 46.9 Å². The molecule has 144 valence electrons. The Balaban J connectivity index is 2.14. The Hall–Kier alpha value is -2.15. The van der Waals surface area contributed by atoms with Crippen LogP contribution in [0.2, 0.25) is 0 Å². The van der Waals surface area contributed by atoms with Gasteiger partial charge in [-0.15, -0.1) is 0 Å². The van der Waals surface area contributed by atoms with Crippen LogP contribution < -0.4 is 10.6 Å². The number of benzene rings is 1. The van der Waals surface area contributed by atoms with Crippen molar-refractivity contribution in [1.82, 2.24) is 15.5 Å². The predicted molar refractivity (Wildman–Crippen MR) is 101 cm³/mol. The highest BCUT2D eigenvalue weighted by molar-refractivity contribution is 5.84. The summed E-state index contributed by atoms with van der Waals surface area (Å²) in [5.41, 5.74) is 0.746. The lowest BCUT2D eigenvalue weighted by Crippen LogP contribution is -2.48. The van der Waals surface area contributed by atoms with Gasteiger partial charge in [0.25, 0.3) is 0 Å². The van der Waals surface area contributed by atoms with Gasteiger partial charge in [0.05, 0.1) is 0 Å². The molecule has 1 fully saturated rings. The van der Waals surface area contributed by atoms with Gasteiger partial charge in [-0.3, -0.25) is 4.79 Å². The number of halogens is 1. The Morgan fingerprint density at radius 2 is 2.04 bits per heavy atom. The van der Waals surface area contributed by atoms with E-state index in [2.05, 4.69) is 15.6 Å². The first-order valence-corrected chi connectivity index (χ1v) is 9.03. The molecule has 0 radical (unpaired) electrons. The van der Waals surface area contributed by atoms with Gasteiger partial charge in [-0.1, -0.05) is 12.1 Å². The van der Waals surface area contributed by atoms with Crippen LogP contribution in [0.25, 0.3) is 0 Å². The summed E-state index contributed by atoms with van der Waals surface area (Å²) in [6, 6.07) is 6.78. The van der Waals surface area contributed by atoms with Crippen molar-refractivity contribution >= 4 is 11.9 Å². The molecule has 2 rings (SSSR count). The maximum absolute atomic E-state index is 13.8. The number of aliphatic imine (C=N–C) groups is 1. The Bertz CT molecular complexity index is 628. The van der Waals surface area contributed by atoms with E-state index in [1.54, 1.807) is 26.2 Å². The van der Waals surface area contributed by atoms with Crippen molar-refractivity contribution in [1.29, 1.82) is 0 Å². The van der Waals surface area contributed by atoms with Gasteiger partial charge in [-0.2, -0.15) is 0 Å². The molecule has 2 N–H and O–H groups in total. The summed E-state index contributed by atoms with van der Waals surface area (Å²) in [7, 11) is 3.42. The maximum atomic E-state index is 13.8. The largest absolute Gasteiger partial charge is 0.381 e. The molecule has 1 saturated heterocycles. The van der Waals surface area contributed by atoms with Crippen LogP contribution in [-0.2, 0) is 14.9 Å². The highest BCUT2D eigenvalue weighted by atomic mass is 19.1. The van der Waals surface area contributed by atoms with Gasteiger partial charge < -0.3 is 20.3 Å². The second-order valence-electron chi connectivity index (χ2n) is 6.74. The highest BCUT2D eigenvalue weighted by Crippen LogP contribution is 2.34. The number of carbonyl (C=O) groups is 1. The number of amides is 1. The SMILES string of the molecule is CCNC(=NCC(=O)N(C)C)NCC1(c2cccc(F)c2)CCOCC1. The molecule has 1 aromatic carbocycles. The molecule has 0 aromatic heterocycles. The topological polar surface area (TPSA) is 66.0 Å². The number of rotatable bonds is 6. The van der Waals surface area contributed by atoms with Crippen LogP contribution in [0.15, 0.2) is 29.3 Å². The molecular formula is C19H29FN4O2. The van der Waals surface area contributed by atoms with Crippen molar-refractivity contribution in [2.45, 2.75) is 25.2 Å². The van der Waals surface area contributed by atoms with Crippen molar-refractivity contribution in [3.8, 4) is 0 Å². The fraction of sp³-hybridized carbons (Fsp3) is 0.579. The van der Waals surface area contributed by atoms with E-state index in [9.17, 15) is 9.18 Å². The number of likely N-dealkylation sites (N-methyl/N-ethyl adjacent to an activating group) is 1. The Labute approximate surface area is 154 Å². The summed E-state index contributed by atoms with van der Waals surface area (Å²) < 4.78 is 19.3. The van der Waals surface area contributed by atoms with E-state index < -0.39 is 0 Å². The van der Waals surface area contributed by atoms with E-state index in [-0.39, 0.29) is 23.7 Å². The Morgan fingerprint density at radius 3 is 2.65 bits per heavy atom. The molecule has 26 heavy (non-hydrogen) atoms. The van der Waals surface area contributed by atoms with Gasteiger partial charge in [0.15, 0.2) is 5.96 Å². The molecule has 0 atom stereocenters. The fourth-order valence-corrected chi connectivity index (χ4v) is 3.03. The number of carbonyl (C=O) groups excluding carboxylic acids is 1. The van der Waals surface area contributed by atoms with Crippen molar-refractivity contribution in [2.24, 2.45) is 4.99 Å². The molecule has 0 saturated carbocycles. The molecule has 1 amide bonds. The minimum Gasteiger partial charge on any atom is -0.381 e. The quantitative estimate of drug-likeness (QED) is 0.593. The van der Waals surface area contributed by atoms with E-state index in [1.807, 2.05) is 13.0 Å². The summed E-state index contributed by atoms with van der Waals surface area (Å²) >= 11 is 0. The monoisotopic (exact) mass is 364 g/mol. The second-order valence-corrected chi connectivity index (χ2v) is 6.74. The van der Waals surface area contributed by atoms with Crippen LogP contribution in [0.5, 0.6) is 0 Å². The van der Waals surface area contributed by atoms with E-state index in [1.165, 1.54) is 11.0 Å². The smallest absolute Gasteiger partial charge is 0.243 e. The average Bonchev–Trinajstić information content (AvgIpc) is 2.64. The van der Waals surface area contributed by atoms with Crippen LogP contribution in [0.3, 0.4) is 0 Å². The van der Waals surface area contributed by atoms with Crippen LogP contribution in [0, 0.1) is 5.82 Å². The zero-order chi connectivity index (χ0) is 19.0. The van der Waals surface area contributed by atoms with E-state index in [0.29, 0.717) is 32.3 Å². The zero-order valence-electron chi connectivity index (χ0n) is 15.8. The number of ether oxygens (including phenoxy) is 1. The van der Waals surface area contributed by atoms with Crippen LogP contribution in [-0.4, -0.2) is 63.7 Å². The van der Waals surface area contributed by atoms with Gasteiger partial charge in [0.1, 0.15) is 12.4 Å². The van der Waals surface area contributed by atoms with Gasteiger partial charge in [-0.25, -0.2) is 9.38 Å². The van der Waals surface area contributed by atoms with Gasteiger partial charge >= 0.3 is 0 Å². The van der Waals surface area contributed by atoms with Gasteiger partial charge in [0, 0.05) is 45.8 Å². The molecule has 0 aliphatic carbocycles. The molecule has 1 aromatic rings. The summed E-state index contributed by atoms with van der Waals surface area (Å²) in [5, 5.41) is 6.49. The molecule has 1 aliphatic heterocycles. The number of hydrogen-bond donors (Lipinski definition) is 2. The third-order valence-corrected chi connectivity index (χ3v) is 4.70. The molecule has 6 nitrogen and oxygen atoms in total. The molecule has 0 bridgehead atoms.